The number of nitrogens with zero attached hydrogens (tertiary/aromatic N) is 2. The molecular weight excluding hydrogens is 366 g/mol. The fraction of sp³-hybridized carbons (Fsp3) is 0.632. The van der Waals surface area contributed by atoms with Gasteiger partial charge in [0.05, 0.1) is 11.0 Å². The molecular formula is C19H29N3O4S. The molecule has 2 aliphatic rings. The minimum Gasteiger partial charge on any atom is -0.365 e. The molecule has 1 atom stereocenters. The molecule has 1 aromatic rings. The van der Waals surface area contributed by atoms with Crippen LogP contribution < -0.4 is 5.32 Å². The minimum absolute atomic E-state index is 0.168. The van der Waals surface area contributed by atoms with Crippen LogP contribution in [0.4, 0.5) is 5.69 Å². The van der Waals surface area contributed by atoms with Gasteiger partial charge in [-0.05, 0) is 51.1 Å². The van der Waals surface area contributed by atoms with Crippen LogP contribution in [-0.2, 0) is 19.6 Å². The number of piperazine rings is 1. The molecule has 0 spiro atoms. The monoisotopic (exact) mass is 395 g/mol. The van der Waals surface area contributed by atoms with E-state index in [0.29, 0.717) is 18.8 Å². The Morgan fingerprint density at radius 1 is 1.11 bits per heavy atom. The average Bonchev–Trinajstić information content (AvgIpc) is 3.15. The van der Waals surface area contributed by atoms with Gasteiger partial charge in [-0.1, -0.05) is 12.8 Å². The second-order valence-corrected chi connectivity index (χ2v) is 9.34. The maximum Gasteiger partial charge on any atom is 0.253 e. The molecule has 150 valence electrons. The molecule has 1 aliphatic carbocycles. The number of likely N-dealkylation sites (N-methyl/N-ethyl adjacent to an activating group) is 1. The van der Waals surface area contributed by atoms with Crippen molar-refractivity contribution in [1.29, 1.82) is 0 Å². The normalized spacial score (nSPS) is 21.3. The highest BCUT2D eigenvalue weighted by Gasteiger charge is 2.27. The van der Waals surface area contributed by atoms with Crippen LogP contribution in [0.25, 0.3) is 0 Å². The van der Waals surface area contributed by atoms with Crippen LogP contribution in [-0.4, -0.2) is 69.0 Å². The van der Waals surface area contributed by atoms with Gasteiger partial charge < -0.3 is 15.0 Å². The van der Waals surface area contributed by atoms with E-state index >= 15 is 0 Å². The van der Waals surface area contributed by atoms with E-state index in [9.17, 15) is 13.2 Å². The van der Waals surface area contributed by atoms with Crippen molar-refractivity contribution in [3.63, 3.8) is 0 Å². The van der Waals surface area contributed by atoms with Crippen LogP contribution in [0.2, 0.25) is 0 Å². The quantitative estimate of drug-likeness (QED) is 0.796. The van der Waals surface area contributed by atoms with Gasteiger partial charge in [0.2, 0.25) is 10.0 Å². The number of amides is 1. The van der Waals surface area contributed by atoms with Crippen LogP contribution in [0.15, 0.2) is 29.2 Å². The van der Waals surface area contributed by atoms with Crippen LogP contribution in [0.1, 0.15) is 32.6 Å². The number of carbonyl (C=O) groups is 1. The number of ether oxygens (including phenoxy) is 1. The molecule has 0 radical (unpaired) electrons. The SMILES string of the molecule is C[C@@H](OC1CCCC1)C(=O)Nc1ccc(S(=O)(=O)N2CCN(C)CC2)cc1. The van der Waals surface area contributed by atoms with Gasteiger partial charge in [0.1, 0.15) is 6.10 Å². The molecule has 1 aromatic carbocycles. The van der Waals surface area contributed by atoms with Crippen LogP contribution in [0.3, 0.4) is 0 Å². The van der Waals surface area contributed by atoms with Crippen LogP contribution in [0, 0.1) is 0 Å². The van der Waals surface area contributed by atoms with Gasteiger partial charge in [-0.3, -0.25) is 4.79 Å². The molecule has 8 heteroatoms. The lowest BCUT2D eigenvalue weighted by molar-refractivity contribution is -0.129. The van der Waals surface area contributed by atoms with E-state index in [0.717, 1.165) is 38.8 Å². The zero-order chi connectivity index (χ0) is 19.4. The standard InChI is InChI=1S/C19H29N3O4S/c1-15(26-17-5-3-4-6-17)19(23)20-16-7-9-18(10-8-16)27(24,25)22-13-11-21(2)12-14-22/h7-10,15,17H,3-6,11-14H2,1-2H3,(H,20,23)/t15-/m1/s1. The van der Waals surface area contributed by atoms with Gasteiger partial charge in [0, 0.05) is 31.9 Å². The number of nitrogens with one attached hydrogen (secondary N) is 1. The Kier molecular flexibility index (Phi) is 6.52. The lowest BCUT2D eigenvalue weighted by Gasteiger charge is -2.31. The lowest BCUT2D eigenvalue weighted by atomic mass is 10.2. The predicted octanol–water partition coefficient (Wildman–Crippen LogP) is 1.91. The predicted molar refractivity (Wildman–Crippen MR) is 104 cm³/mol. The summed E-state index contributed by atoms with van der Waals surface area (Å²) in [5.74, 6) is -0.212. The lowest BCUT2D eigenvalue weighted by Crippen LogP contribution is -2.46. The summed E-state index contributed by atoms with van der Waals surface area (Å²) in [5.41, 5.74) is 0.569. The molecule has 0 bridgehead atoms. The Bertz CT molecular complexity index is 737. The second kappa shape index (κ2) is 8.68. The topological polar surface area (TPSA) is 78.9 Å². The molecule has 3 rings (SSSR count). The van der Waals surface area contributed by atoms with Crippen molar-refractivity contribution in [2.24, 2.45) is 0 Å². The fourth-order valence-electron chi connectivity index (χ4n) is 3.51. The summed E-state index contributed by atoms with van der Waals surface area (Å²) in [6.45, 7) is 4.19. The molecule has 27 heavy (non-hydrogen) atoms. The molecule has 1 N–H and O–H groups in total. The smallest absolute Gasteiger partial charge is 0.253 e. The summed E-state index contributed by atoms with van der Waals surface area (Å²) in [5, 5.41) is 2.80. The molecule has 1 aliphatic heterocycles. The molecule has 1 heterocycles. The number of sulfonamides is 1. The summed E-state index contributed by atoms with van der Waals surface area (Å²) in [6, 6.07) is 6.35. The largest absolute Gasteiger partial charge is 0.365 e. The zero-order valence-corrected chi connectivity index (χ0v) is 16.9. The highest BCUT2D eigenvalue weighted by molar-refractivity contribution is 7.89. The third-order valence-electron chi connectivity index (χ3n) is 5.29. The van der Waals surface area contributed by atoms with Crippen molar-refractivity contribution in [3.8, 4) is 0 Å². The first-order valence-corrected chi connectivity index (χ1v) is 11.1. The summed E-state index contributed by atoms with van der Waals surface area (Å²) >= 11 is 0. The Morgan fingerprint density at radius 3 is 2.30 bits per heavy atom. The molecule has 2 fully saturated rings. The Labute approximate surface area is 161 Å². The second-order valence-electron chi connectivity index (χ2n) is 7.41. The zero-order valence-electron chi connectivity index (χ0n) is 16.1. The molecule has 7 nitrogen and oxygen atoms in total. The Morgan fingerprint density at radius 2 is 1.70 bits per heavy atom. The van der Waals surface area contributed by atoms with E-state index in [2.05, 4.69) is 10.2 Å². The van der Waals surface area contributed by atoms with Crippen molar-refractivity contribution < 1.29 is 17.9 Å². The summed E-state index contributed by atoms with van der Waals surface area (Å²) in [4.78, 5) is 14.7. The number of carbonyl (C=O) groups excluding carboxylic acids is 1. The van der Waals surface area contributed by atoms with Crippen molar-refractivity contribution >= 4 is 21.6 Å². The van der Waals surface area contributed by atoms with Gasteiger partial charge in [-0.15, -0.1) is 0 Å². The fourth-order valence-corrected chi connectivity index (χ4v) is 4.93. The average molecular weight is 396 g/mol. The maximum atomic E-state index is 12.7. The van der Waals surface area contributed by atoms with Gasteiger partial charge >= 0.3 is 0 Å². The van der Waals surface area contributed by atoms with Gasteiger partial charge in [0.25, 0.3) is 5.91 Å². The van der Waals surface area contributed by atoms with Gasteiger partial charge in [0.15, 0.2) is 0 Å². The van der Waals surface area contributed by atoms with Gasteiger partial charge in [-0.25, -0.2) is 8.42 Å². The summed E-state index contributed by atoms with van der Waals surface area (Å²) < 4.78 is 32.8. The highest BCUT2D eigenvalue weighted by Crippen LogP contribution is 2.23. The summed E-state index contributed by atoms with van der Waals surface area (Å²) in [6.07, 6.45) is 3.97. The first kappa shape index (κ1) is 20.3. The number of benzene rings is 1. The van der Waals surface area contributed by atoms with E-state index in [-0.39, 0.29) is 16.9 Å². The van der Waals surface area contributed by atoms with E-state index in [1.165, 1.54) is 4.31 Å². The van der Waals surface area contributed by atoms with Crippen LogP contribution in [0.5, 0.6) is 0 Å². The Hall–Kier alpha value is -1.48. The molecule has 1 saturated carbocycles. The molecule has 1 amide bonds. The number of rotatable bonds is 6. The minimum atomic E-state index is -3.49. The van der Waals surface area contributed by atoms with E-state index < -0.39 is 16.1 Å². The van der Waals surface area contributed by atoms with Crippen molar-refractivity contribution in [1.82, 2.24) is 9.21 Å². The van der Waals surface area contributed by atoms with E-state index in [1.54, 1.807) is 31.2 Å². The third kappa shape index (κ3) is 5.07. The van der Waals surface area contributed by atoms with Gasteiger partial charge in [-0.2, -0.15) is 4.31 Å². The third-order valence-corrected chi connectivity index (χ3v) is 7.20. The molecule has 0 unspecified atom stereocenters. The molecule has 1 saturated heterocycles. The molecule has 0 aromatic heterocycles. The number of hydrogen-bond acceptors (Lipinski definition) is 5. The number of hydrogen-bond donors (Lipinski definition) is 1. The van der Waals surface area contributed by atoms with Crippen molar-refractivity contribution in [2.45, 2.75) is 49.7 Å². The number of anilines is 1. The highest BCUT2D eigenvalue weighted by atomic mass is 32.2. The summed E-state index contributed by atoms with van der Waals surface area (Å²) in [7, 11) is -1.51. The van der Waals surface area contributed by atoms with E-state index in [4.69, 9.17) is 4.74 Å². The first-order chi connectivity index (χ1) is 12.9. The Balaban J connectivity index is 1.58. The van der Waals surface area contributed by atoms with Crippen molar-refractivity contribution in [3.05, 3.63) is 24.3 Å². The van der Waals surface area contributed by atoms with Crippen molar-refractivity contribution in [2.75, 3.05) is 38.5 Å². The maximum absolute atomic E-state index is 12.7. The van der Waals surface area contributed by atoms with E-state index in [1.807, 2.05) is 7.05 Å². The first-order valence-electron chi connectivity index (χ1n) is 9.61. The van der Waals surface area contributed by atoms with Crippen LogP contribution >= 0.6 is 0 Å².